The van der Waals surface area contributed by atoms with Crippen molar-refractivity contribution in [2.75, 3.05) is 19.1 Å². The molecule has 1 aliphatic rings. The molecule has 2 aromatic carbocycles. The minimum absolute atomic E-state index is 0.0118. The van der Waals surface area contributed by atoms with E-state index in [1.54, 1.807) is 23.1 Å². The maximum atomic E-state index is 13.5. The fraction of sp³-hybridized carbons (Fsp3) is 0.469. The van der Waals surface area contributed by atoms with Gasteiger partial charge in [-0.2, -0.15) is 11.8 Å². The van der Waals surface area contributed by atoms with Crippen LogP contribution in [-0.2, 0) is 20.9 Å². The summed E-state index contributed by atoms with van der Waals surface area (Å²) in [5, 5.41) is 2.92. The Morgan fingerprint density at radius 3 is 2.62 bits per heavy atom. The average Bonchev–Trinajstić information content (AvgIpc) is 3.52. The fourth-order valence-corrected chi connectivity index (χ4v) is 6.57. The largest absolute Gasteiger partial charge is 0.467 e. The van der Waals surface area contributed by atoms with Crippen molar-refractivity contribution < 1.29 is 19.1 Å². The Labute approximate surface area is 246 Å². The summed E-state index contributed by atoms with van der Waals surface area (Å²) in [7, 11) is 1.35. The van der Waals surface area contributed by atoms with Crippen molar-refractivity contribution in [2.45, 2.75) is 70.6 Å². The van der Waals surface area contributed by atoms with Gasteiger partial charge in [-0.15, -0.1) is 11.3 Å². The Bertz CT molecular complexity index is 1240. The molecule has 1 aliphatic carbocycles. The summed E-state index contributed by atoms with van der Waals surface area (Å²) in [5.74, 6) is 0.699. The second-order valence-corrected chi connectivity index (χ2v) is 12.4. The number of thioether (sulfide) groups is 1. The van der Waals surface area contributed by atoms with E-state index < -0.39 is 12.0 Å². The SMILES string of the molecule is COC(=O)C(CCSC)NC(=O)c1ccc(COC(CC2CCCCC2)c2cncs2)cc1-c1ccccc1C. The van der Waals surface area contributed by atoms with Gasteiger partial charge in [-0.3, -0.25) is 9.78 Å². The number of aromatic nitrogens is 1. The van der Waals surface area contributed by atoms with E-state index in [1.807, 2.05) is 61.3 Å². The lowest BCUT2D eigenvalue weighted by molar-refractivity contribution is -0.142. The third-order valence-corrected chi connectivity index (χ3v) is 9.17. The Balaban J connectivity index is 1.58. The molecule has 1 heterocycles. The molecule has 1 fully saturated rings. The van der Waals surface area contributed by atoms with Crippen LogP contribution in [0.25, 0.3) is 11.1 Å². The topological polar surface area (TPSA) is 77.5 Å². The number of carbonyl (C=O) groups excluding carboxylic acids is 2. The molecule has 2 unspecified atom stereocenters. The number of aryl methyl sites for hydroxylation is 1. The maximum absolute atomic E-state index is 13.5. The minimum Gasteiger partial charge on any atom is -0.467 e. The van der Waals surface area contributed by atoms with Crippen LogP contribution in [0.2, 0.25) is 0 Å². The van der Waals surface area contributed by atoms with Crippen LogP contribution in [-0.4, -0.2) is 42.0 Å². The molecule has 1 saturated carbocycles. The minimum atomic E-state index is -0.697. The summed E-state index contributed by atoms with van der Waals surface area (Å²) >= 11 is 3.28. The molecule has 0 saturated heterocycles. The predicted octanol–water partition coefficient (Wildman–Crippen LogP) is 7.37. The number of nitrogens with one attached hydrogen (secondary N) is 1. The molecule has 40 heavy (non-hydrogen) atoms. The lowest BCUT2D eigenvalue weighted by atomic mass is 9.85. The highest BCUT2D eigenvalue weighted by molar-refractivity contribution is 7.98. The van der Waals surface area contributed by atoms with Crippen LogP contribution in [0.5, 0.6) is 0 Å². The lowest BCUT2D eigenvalue weighted by Crippen LogP contribution is -2.42. The maximum Gasteiger partial charge on any atom is 0.328 e. The van der Waals surface area contributed by atoms with Crippen molar-refractivity contribution in [3.8, 4) is 11.1 Å². The zero-order chi connectivity index (χ0) is 28.3. The smallest absolute Gasteiger partial charge is 0.328 e. The number of hydrogen-bond donors (Lipinski definition) is 1. The molecule has 6 nitrogen and oxygen atoms in total. The first-order valence-electron chi connectivity index (χ1n) is 14.1. The van der Waals surface area contributed by atoms with Crippen molar-refractivity contribution in [3.63, 3.8) is 0 Å². The van der Waals surface area contributed by atoms with E-state index in [1.165, 1.54) is 44.1 Å². The molecular formula is C32H40N2O4S2. The van der Waals surface area contributed by atoms with E-state index in [2.05, 4.69) is 16.4 Å². The molecule has 0 spiro atoms. The van der Waals surface area contributed by atoms with E-state index in [0.29, 0.717) is 24.5 Å². The lowest BCUT2D eigenvalue weighted by Gasteiger charge is -2.26. The Morgan fingerprint density at radius 1 is 1.12 bits per heavy atom. The highest BCUT2D eigenvalue weighted by Gasteiger charge is 2.25. The van der Waals surface area contributed by atoms with Crippen molar-refractivity contribution in [2.24, 2.45) is 5.92 Å². The fourth-order valence-electron chi connectivity index (χ4n) is 5.41. The van der Waals surface area contributed by atoms with Crippen LogP contribution in [0.3, 0.4) is 0 Å². The van der Waals surface area contributed by atoms with Crippen LogP contribution in [0.15, 0.2) is 54.2 Å². The molecule has 2 atom stereocenters. The molecule has 0 aliphatic heterocycles. The number of carbonyl (C=O) groups is 2. The molecule has 1 N–H and O–H groups in total. The van der Waals surface area contributed by atoms with Crippen LogP contribution in [0.1, 0.15) is 77.4 Å². The van der Waals surface area contributed by atoms with Gasteiger partial charge in [0.1, 0.15) is 6.04 Å². The second-order valence-electron chi connectivity index (χ2n) is 10.5. The van der Waals surface area contributed by atoms with Crippen LogP contribution >= 0.6 is 23.1 Å². The molecule has 1 aromatic heterocycles. The van der Waals surface area contributed by atoms with E-state index in [9.17, 15) is 9.59 Å². The zero-order valence-electron chi connectivity index (χ0n) is 23.7. The molecule has 4 rings (SSSR count). The number of esters is 1. The summed E-state index contributed by atoms with van der Waals surface area (Å²) < 4.78 is 11.5. The summed E-state index contributed by atoms with van der Waals surface area (Å²) in [5.41, 5.74) is 6.27. The van der Waals surface area contributed by atoms with Gasteiger partial charge in [0.2, 0.25) is 0 Å². The molecule has 8 heteroatoms. The van der Waals surface area contributed by atoms with Gasteiger partial charge in [-0.1, -0.05) is 62.4 Å². The first kappa shape index (κ1) is 30.3. The van der Waals surface area contributed by atoms with Gasteiger partial charge in [0, 0.05) is 11.8 Å². The van der Waals surface area contributed by atoms with E-state index >= 15 is 0 Å². The van der Waals surface area contributed by atoms with Gasteiger partial charge >= 0.3 is 5.97 Å². The number of benzene rings is 2. The number of hydrogen-bond acceptors (Lipinski definition) is 7. The summed E-state index contributed by atoms with van der Waals surface area (Å²) in [6, 6.07) is 13.2. The summed E-state index contributed by atoms with van der Waals surface area (Å²) in [4.78, 5) is 31.4. The second kappa shape index (κ2) is 15.4. The number of ether oxygens (including phenoxy) is 2. The van der Waals surface area contributed by atoms with Gasteiger partial charge in [0.05, 0.1) is 30.2 Å². The molecular weight excluding hydrogens is 540 g/mol. The first-order valence-corrected chi connectivity index (χ1v) is 16.3. The number of rotatable bonds is 13. The van der Waals surface area contributed by atoms with E-state index in [4.69, 9.17) is 9.47 Å². The van der Waals surface area contributed by atoms with Gasteiger partial charge in [0.25, 0.3) is 5.91 Å². The van der Waals surface area contributed by atoms with Crippen LogP contribution < -0.4 is 5.32 Å². The molecule has 0 bridgehead atoms. The number of methoxy groups -OCH3 is 1. The van der Waals surface area contributed by atoms with E-state index in [0.717, 1.165) is 34.4 Å². The quantitative estimate of drug-likeness (QED) is 0.213. The molecule has 3 aromatic rings. The van der Waals surface area contributed by atoms with Crippen LogP contribution in [0, 0.1) is 12.8 Å². The third-order valence-electron chi connectivity index (χ3n) is 7.66. The van der Waals surface area contributed by atoms with Crippen molar-refractivity contribution in [3.05, 3.63) is 75.7 Å². The third kappa shape index (κ3) is 8.18. The highest BCUT2D eigenvalue weighted by Crippen LogP contribution is 2.36. The molecule has 1 amide bonds. The Kier molecular flexibility index (Phi) is 11.6. The molecule has 0 radical (unpaired) electrons. The van der Waals surface area contributed by atoms with Crippen molar-refractivity contribution in [1.29, 1.82) is 0 Å². The summed E-state index contributed by atoms with van der Waals surface area (Å²) in [6.07, 6.45) is 11.9. The van der Waals surface area contributed by atoms with Crippen molar-refractivity contribution in [1.82, 2.24) is 10.3 Å². The highest BCUT2D eigenvalue weighted by atomic mass is 32.2. The average molecular weight is 581 g/mol. The Morgan fingerprint density at radius 2 is 1.93 bits per heavy atom. The van der Waals surface area contributed by atoms with Crippen molar-refractivity contribution >= 4 is 35.0 Å². The monoisotopic (exact) mass is 580 g/mol. The number of nitrogens with zero attached hydrogens (tertiary/aromatic N) is 1. The van der Waals surface area contributed by atoms with Gasteiger partial charge < -0.3 is 14.8 Å². The van der Waals surface area contributed by atoms with Gasteiger partial charge in [0.15, 0.2) is 0 Å². The standard InChI is InChI=1S/C32H40N2O4S2/c1-22-9-7-8-12-25(22)27-17-24(13-14-26(27)31(35)34-28(15-16-39-3)32(36)37-2)20-38-29(30-19-33-21-40-30)18-23-10-5-4-6-11-23/h7-9,12-14,17,19,21,23,28-29H,4-6,10-11,15-16,18,20H2,1-3H3,(H,34,35). The first-order chi connectivity index (χ1) is 19.5. The number of amides is 1. The zero-order valence-corrected chi connectivity index (χ0v) is 25.3. The molecule has 214 valence electrons. The Hall–Kier alpha value is -2.68. The number of thiazole rings is 1. The normalized spacial score (nSPS) is 15.4. The summed E-state index contributed by atoms with van der Waals surface area (Å²) in [6.45, 7) is 2.48. The van der Waals surface area contributed by atoms with E-state index in [-0.39, 0.29) is 12.0 Å². The van der Waals surface area contributed by atoms with Crippen LogP contribution in [0.4, 0.5) is 0 Å². The van der Waals surface area contributed by atoms with Gasteiger partial charge in [-0.05, 0) is 72.1 Å². The predicted molar refractivity (Wildman–Crippen MR) is 164 cm³/mol. The van der Waals surface area contributed by atoms with Gasteiger partial charge in [-0.25, -0.2) is 4.79 Å².